The predicted molar refractivity (Wildman–Crippen MR) is 70.6 cm³/mol. The van der Waals surface area contributed by atoms with Gasteiger partial charge < -0.3 is 15.5 Å². The van der Waals surface area contributed by atoms with Gasteiger partial charge in [0, 0.05) is 11.1 Å². The summed E-state index contributed by atoms with van der Waals surface area (Å²) in [5.41, 5.74) is 2.46. The van der Waals surface area contributed by atoms with Crippen molar-refractivity contribution >= 4 is 23.0 Å². The first-order valence-corrected chi connectivity index (χ1v) is 6.07. The van der Waals surface area contributed by atoms with Crippen LogP contribution in [0.2, 0.25) is 0 Å². The zero-order valence-electron chi connectivity index (χ0n) is 10.1. The van der Waals surface area contributed by atoms with Crippen molar-refractivity contribution in [3.63, 3.8) is 0 Å². The average molecular weight is 266 g/mol. The van der Waals surface area contributed by atoms with Crippen LogP contribution in [0.25, 0.3) is 0 Å². The quantitative estimate of drug-likeness (QED) is 0.551. The lowest BCUT2D eigenvalue weighted by Crippen LogP contribution is -2.12. The predicted octanol–water partition coefficient (Wildman–Crippen LogP) is 1.15. The lowest BCUT2D eigenvalue weighted by atomic mass is 10.4. The Labute approximate surface area is 108 Å². The van der Waals surface area contributed by atoms with Crippen LogP contribution in [0.1, 0.15) is 9.88 Å². The highest BCUT2D eigenvalue weighted by Crippen LogP contribution is 2.28. The van der Waals surface area contributed by atoms with Gasteiger partial charge in [-0.05, 0) is 6.92 Å². The van der Waals surface area contributed by atoms with Gasteiger partial charge in [-0.1, -0.05) is 0 Å². The van der Waals surface area contributed by atoms with E-state index in [1.165, 1.54) is 6.33 Å². The maximum absolute atomic E-state index is 5.35. The highest BCUT2D eigenvalue weighted by atomic mass is 32.1. The molecule has 0 aliphatic carbocycles. The number of hydrogen-bond acceptors (Lipinski definition) is 8. The third-order valence-corrected chi connectivity index (χ3v) is 3.16. The maximum Gasteiger partial charge on any atom is 0.205 e. The number of rotatable bonds is 5. The molecule has 0 spiro atoms. The Morgan fingerprint density at radius 3 is 2.72 bits per heavy atom. The van der Waals surface area contributed by atoms with Crippen LogP contribution in [-0.2, 0) is 6.54 Å². The summed E-state index contributed by atoms with van der Waals surface area (Å²) in [5.74, 6) is 6.87. The molecule has 0 atom stereocenters. The van der Waals surface area contributed by atoms with Crippen LogP contribution in [0.15, 0.2) is 12.5 Å². The van der Waals surface area contributed by atoms with Crippen LogP contribution >= 0.6 is 11.3 Å². The number of ether oxygens (including phenoxy) is 1. The molecule has 2 rings (SSSR count). The molecule has 0 fully saturated rings. The normalized spacial score (nSPS) is 10.2. The van der Waals surface area contributed by atoms with E-state index < -0.39 is 0 Å². The van der Waals surface area contributed by atoms with E-state index >= 15 is 0 Å². The molecule has 8 heteroatoms. The molecule has 0 aromatic carbocycles. The topological polar surface area (TPSA) is 98.0 Å². The number of nitrogens with one attached hydrogen (secondary N) is 2. The van der Waals surface area contributed by atoms with E-state index in [-0.39, 0.29) is 0 Å². The molecule has 0 saturated heterocycles. The molecule has 96 valence electrons. The minimum Gasteiger partial charge on any atom is -0.490 e. The fourth-order valence-electron chi connectivity index (χ4n) is 1.45. The Bertz CT molecular complexity index is 529. The van der Waals surface area contributed by atoms with Gasteiger partial charge in [-0.25, -0.2) is 20.8 Å². The minimum absolute atomic E-state index is 0.440. The van der Waals surface area contributed by atoms with Crippen molar-refractivity contribution in [2.45, 2.75) is 13.5 Å². The molecule has 4 N–H and O–H groups in total. The Morgan fingerprint density at radius 1 is 1.33 bits per heavy atom. The Hall–Kier alpha value is -1.93. The van der Waals surface area contributed by atoms with Gasteiger partial charge in [-0.3, -0.25) is 0 Å². The monoisotopic (exact) mass is 266 g/mol. The smallest absolute Gasteiger partial charge is 0.205 e. The van der Waals surface area contributed by atoms with Crippen LogP contribution in [0.5, 0.6) is 5.75 Å². The van der Waals surface area contributed by atoms with Crippen LogP contribution in [0.4, 0.5) is 11.6 Å². The standard InChI is InChI=1S/C10H14N6OS/c1-6-12-3-7(18-6)4-13-9-8(17-2)10(16-11)15-5-14-9/h3,5H,4,11H2,1-2H3,(H2,13,14,15,16). The van der Waals surface area contributed by atoms with Gasteiger partial charge in [0.1, 0.15) is 6.33 Å². The van der Waals surface area contributed by atoms with Gasteiger partial charge >= 0.3 is 0 Å². The van der Waals surface area contributed by atoms with Crippen molar-refractivity contribution in [3.05, 3.63) is 22.4 Å². The van der Waals surface area contributed by atoms with E-state index in [1.54, 1.807) is 18.4 Å². The first-order valence-electron chi connectivity index (χ1n) is 5.25. The molecule has 0 amide bonds. The highest BCUT2D eigenvalue weighted by Gasteiger charge is 2.11. The third kappa shape index (κ3) is 2.66. The summed E-state index contributed by atoms with van der Waals surface area (Å²) in [6, 6.07) is 0. The second-order valence-electron chi connectivity index (χ2n) is 3.45. The number of nitrogens with two attached hydrogens (primary N) is 1. The molecule has 0 saturated carbocycles. The number of anilines is 2. The third-order valence-electron chi connectivity index (χ3n) is 2.24. The average Bonchev–Trinajstić information content (AvgIpc) is 2.81. The summed E-state index contributed by atoms with van der Waals surface area (Å²) in [7, 11) is 1.54. The van der Waals surface area contributed by atoms with Gasteiger partial charge in [0.05, 0.1) is 18.7 Å². The second kappa shape index (κ2) is 5.61. The number of thiazole rings is 1. The van der Waals surface area contributed by atoms with Crippen molar-refractivity contribution in [1.82, 2.24) is 15.0 Å². The van der Waals surface area contributed by atoms with Gasteiger partial charge in [0.15, 0.2) is 11.6 Å². The SMILES string of the molecule is COc1c(NN)ncnc1NCc1cnc(C)s1. The van der Waals surface area contributed by atoms with Crippen LogP contribution < -0.4 is 21.3 Å². The molecular formula is C10H14N6OS. The number of nitrogens with zero attached hydrogens (tertiary/aromatic N) is 3. The molecule has 2 aromatic rings. The van der Waals surface area contributed by atoms with Crippen molar-refractivity contribution in [3.8, 4) is 5.75 Å². The molecule has 18 heavy (non-hydrogen) atoms. The number of nitrogen functional groups attached to an aromatic ring is 1. The fraction of sp³-hybridized carbons (Fsp3) is 0.300. The van der Waals surface area contributed by atoms with Crippen molar-refractivity contribution in [2.75, 3.05) is 17.9 Å². The molecule has 0 bridgehead atoms. The van der Waals surface area contributed by atoms with Gasteiger partial charge in [-0.15, -0.1) is 11.3 Å². The summed E-state index contributed by atoms with van der Waals surface area (Å²) in [5, 5.41) is 4.20. The van der Waals surface area contributed by atoms with Crippen molar-refractivity contribution < 1.29 is 4.74 Å². The summed E-state index contributed by atoms with van der Waals surface area (Å²) < 4.78 is 5.22. The molecular weight excluding hydrogens is 252 g/mol. The molecule has 0 unspecified atom stereocenters. The first-order chi connectivity index (χ1) is 8.74. The maximum atomic E-state index is 5.35. The summed E-state index contributed by atoms with van der Waals surface area (Å²) in [6.45, 7) is 2.60. The van der Waals surface area contributed by atoms with Crippen molar-refractivity contribution in [2.24, 2.45) is 5.84 Å². The van der Waals surface area contributed by atoms with E-state index in [9.17, 15) is 0 Å². The molecule has 0 aliphatic heterocycles. The number of hydrogen-bond donors (Lipinski definition) is 3. The summed E-state index contributed by atoms with van der Waals surface area (Å²) in [4.78, 5) is 13.4. The number of aromatic nitrogens is 3. The van der Waals surface area contributed by atoms with Crippen molar-refractivity contribution in [1.29, 1.82) is 0 Å². The fourth-order valence-corrected chi connectivity index (χ4v) is 2.19. The largest absolute Gasteiger partial charge is 0.490 e. The summed E-state index contributed by atoms with van der Waals surface area (Å²) >= 11 is 1.63. The lowest BCUT2D eigenvalue weighted by Gasteiger charge is -2.11. The van der Waals surface area contributed by atoms with Crippen LogP contribution in [-0.4, -0.2) is 22.1 Å². The Kier molecular flexibility index (Phi) is 3.90. The first kappa shape index (κ1) is 12.5. The Balaban J connectivity index is 2.13. The lowest BCUT2D eigenvalue weighted by molar-refractivity contribution is 0.414. The van der Waals surface area contributed by atoms with E-state index in [0.29, 0.717) is 23.9 Å². The van der Waals surface area contributed by atoms with Gasteiger partial charge in [0.2, 0.25) is 5.75 Å². The van der Waals surface area contributed by atoms with Crippen LogP contribution in [0.3, 0.4) is 0 Å². The number of aryl methyl sites for hydroxylation is 1. The molecule has 7 nitrogen and oxygen atoms in total. The van der Waals surface area contributed by atoms with Crippen LogP contribution in [0, 0.1) is 6.92 Å². The number of methoxy groups -OCH3 is 1. The van der Waals surface area contributed by atoms with E-state index in [1.807, 2.05) is 13.1 Å². The van der Waals surface area contributed by atoms with E-state index in [0.717, 1.165) is 9.88 Å². The van der Waals surface area contributed by atoms with E-state index in [4.69, 9.17) is 10.6 Å². The van der Waals surface area contributed by atoms with Gasteiger partial charge in [-0.2, -0.15) is 0 Å². The zero-order chi connectivity index (χ0) is 13.0. The minimum atomic E-state index is 0.440. The molecule has 0 radical (unpaired) electrons. The second-order valence-corrected chi connectivity index (χ2v) is 4.77. The molecule has 0 aliphatic rings. The zero-order valence-corrected chi connectivity index (χ0v) is 10.9. The van der Waals surface area contributed by atoms with Gasteiger partial charge in [0.25, 0.3) is 0 Å². The summed E-state index contributed by atoms with van der Waals surface area (Å²) in [6.07, 6.45) is 3.25. The number of hydrazine groups is 1. The highest BCUT2D eigenvalue weighted by molar-refractivity contribution is 7.11. The van der Waals surface area contributed by atoms with E-state index in [2.05, 4.69) is 25.7 Å². The molecule has 2 aromatic heterocycles. The Morgan fingerprint density at radius 2 is 2.11 bits per heavy atom. The molecule has 2 heterocycles.